The number of hydrazone groups is 1. The van der Waals surface area contributed by atoms with Gasteiger partial charge in [-0.25, -0.2) is 5.43 Å². The maximum Gasteiger partial charge on any atom is 0.262 e. The first-order valence-corrected chi connectivity index (χ1v) is 9.06. The highest BCUT2D eigenvalue weighted by Gasteiger charge is 2.16. The van der Waals surface area contributed by atoms with Crippen LogP contribution in [0, 0.1) is 0 Å². The third-order valence-corrected chi connectivity index (χ3v) is 4.46. The van der Waals surface area contributed by atoms with Crippen LogP contribution in [0.25, 0.3) is 10.8 Å². The Labute approximate surface area is 163 Å². The van der Waals surface area contributed by atoms with Crippen molar-refractivity contribution < 1.29 is 14.6 Å². The van der Waals surface area contributed by atoms with Gasteiger partial charge in [-0.2, -0.15) is 5.10 Å². The Morgan fingerprint density at radius 3 is 2.75 bits per heavy atom. The second-order valence-corrected chi connectivity index (χ2v) is 6.29. The molecule has 144 valence electrons. The van der Waals surface area contributed by atoms with E-state index >= 15 is 0 Å². The van der Waals surface area contributed by atoms with Crippen LogP contribution in [-0.4, -0.2) is 30.4 Å². The van der Waals surface area contributed by atoms with Gasteiger partial charge in [0.2, 0.25) is 0 Å². The third kappa shape index (κ3) is 4.40. The number of phenols is 1. The Morgan fingerprint density at radius 1 is 1.18 bits per heavy atom. The average molecular weight is 377 g/mol. The van der Waals surface area contributed by atoms with Crippen LogP contribution in [0.5, 0.6) is 11.5 Å². The zero-order chi connectivity index (χ0) is 19.9. The van der Waals surface area contributed by atoms with Gasteiger partial charge in [0.05, 0.1) is 13.3 Å². The van der Waals surface area contributed by atoms with Gasteiger partial charge in [-0.05, 0) is 36.1 Å². The van der Waals surface area contributed by atoms with Crippen molar-refractivity contribution >= 4 is 28.6 Å². The molecule has 1 unspecified atom stereocenters. The second-order valence-electron chi connectivity index (χ2n) is 6.29. The Kier molecular flexibility index (Phi) is 6.11. The summed E-state index contributed by atoms with van der Waals surface area (Å²) in [5, 5.41) is 19.3. The molecule has 0 aliphatic heterocycles. The highest BCUT2D eigenvalue weighted by Crippen LogP contribution is 2.24. The molecule has 0 aliphatic carbocycles. The Bertz CT molecular complexity index is 996. The van der Waals surface area contributed by atoms with Gasteiger partial charge in [-0.1, -0.05) is 43.3 Å². The number of nitrogens with zero attached hydrogens (tertiary/aromatic N) is 1. The fourth-order valence-corrected chi connectivity index (χ4v) is 2.90. The van der Waals surface area contributed by atoms with Gasteiger partial charge in [-0.15, -0.1) is 0 Å². The number of carbonyl (C=O) groups is 1. The first-order valence-electron chi connectivity index (χ1n) is 9.06. The van der Waals surface area contributed by atoms with Crippen molar-refractivity contribution in [2.45, 2.75) is 19.4 Å². The van der Waals surface area contributed by atoms with Crippen LogP contribution in [-0.2, 0) is 4.79 Å². The fourth-order valence-electron chi connectivity index (χ4n) is 2.90. The van der Waals surface area contributed by atoms with E-state index in [2.05, 4.69) is 15.8 Å². The number of fused-ring (bicyclic) bond motifs is 1. The summed E-state index contributed by atoms with van der Waals surface area (Å²) in [6.45, 7) is 1.93. The number of nitrogens with one attached hydrogen (secondary N) is 2. The molecule has 0 bridgehead atoms. The minimum atomic E-state index is -0.443. The number of anilines is 1. The first kappa shape index (κ1) is 19.2. The third-order valence-electron chi connectivity index (χ3n) is 4.46. The molecule has 3 aromatic carbocycles. The van der Waals surface area contributed by atoms with Gasteiger partial charge < -0.3 is 15.2 Å². The van der Waals surface area contributed by atoms with E-state index in [0.29, 0.717) is 17.7 Å². The Morgan fingerprint density at radius 2 is 1.96 bits per heavy atom. The fraction of sp³-hybridized carbons (Fsp3) is 0.182. The monoisotopic (exact) mass is 377 g/mol. The molecular formula is C22H23N3O3. The Balaban J connectivity index is 1.70. The lowest BCUT2D eigenvalue weighted by molar-refractivity contribution is -0.121. The van der Waals surface area contributed by atoms with Crippen molar-refractivity contribution in [1.29, 1.82) is 0 Å². The van der Waals surface area contributed by atoms with Gasteiger partial charge in [0.25, 0.3) is 5.91 Å². The minimum absolute atomic E-state index is 0.0553. The van der Waals surface area contributed by atoms with Gasteiger partial charge in [0.15, 0.2) is 0 Å². The number of amides is 1. The molecule has 1 atom stereocenters. The summed E-state index contributed by atoms with van der Waals surface area (Å²) >= 11 is 0. The number of benzene rings is 3. The van der Waals surface area contributed by atoms with Crippen LogP contribution in [0.1, 0.15) is 18.9 Å². The molecule has 0 aromatic heterocycles. The topological polar surface area (TPSA) is 83.0 Å². The van der Waals surface area contributed by atoms with E-state index in [1.807, 2.05) is 49.4 Å². The number of carbonyl (C=O) groups excluding carboxylic acids is 1. The van der Waals surface area contributed by atoms with E-state index in [1.54, 1.807) is 19.2 Å². The minimum Gasteiger partial charge on any atom is -0.507 e. The van der Waals surface area contributed by atoms with E-state index < -0.39 is 6.04 Å². The standard InChI is InChI=1S/C22H23N3O3/c1-3-19(24-20-10-6-8-15-7-4-5-9-18(15)20)22(27)25-23-14-16-13-17(28-2)11-12-21(16)26/h4-14,19,24,26H,3H2,1-2H3,(H,25,27)/b23-14-. The quantitative estimate of drug-likeness (QED) is 0.431. The van der Waals surface area contributed by atoms with Crippen LogP contribution < -0.4 is 15.5 Å². The summed E-state index contributed by atoms with van der Waals surface area (Å²) in [4.78, 5) is 12.5. The summed E-state index contributed by atoms with van der Waals surface area (Å²) in [6.07, 6.45) is 1.98. The van der Waals surface area contributed by atoms with E-state index in [4.69, 9.17) is 4.74 Å². The molecule has 6 nitrogen and oxygen atoms in total. The molecule has 3 N–H and O–H groups in total. The van der Waals surface area contributed by atoms with E-state index in [-0.39, 0.29) is 11.7 Å². The summed E-state index contributed by atoms with van der Waals surface area (Å²) in [5.74, 6) is 0.392. The smallest absolute Gasteiger partial charge is 0.262 e. The lowest BCUT2D eigenvalue weighted by Crippen LogP contribution is -2.36. The summed E-state index contributed by atoms with van der Waals surface area (Å²) in [7, 11) is 1.54. The van der Waals surface area contributed by atoms with Crippen molar-refractivity contribution in [2.75, 3.05) is 12.4 Å². The predicted octanol–water partition coefficient (Wildman–Crippen LogP) is 3.89. The highest BCUT2D eigenvalue weighted by molar-refractivity contribution is 5.96. The average Bonchev–Trinajstić information content (AvgIpc) is 2.73. The molecule has 0 radical (unpaired) electrons. The molecule has 0 spiro atoms. The van der Waals surface area contributed by atoms with Crippen molar-refractivity contribution in [2.24, 2.45) is 5.10 Å². The highest BCUT2D eigenvalue weighted by atomic mass is 16.5. The molecule has 0 aliphatic rings. The van der Waals surface area contributed by atoms with E-state index in [9.17, 15) is 9.90 Å². The summed E-state index contributed by atoms with van der Waals surface area (Å²) in [6, 6.07) is 18.3. The molecule has 3 rings (SSSR count). The lowest BCUT2D eigenvalue weighted by Gasteiger charge is -2.18. The first-order chi connectivity index (χ1) is 13.6. The maximum atomic E-state index is 12.5. The second kappa shape index (κ2) is 8.90. The van der Waals surface area contributed by atoms with Crippen LogP contribution in [0.15, 0.2) is 65.8 Å². The van der Waals surface area contributed by atoms with Crippen molar-refractivity contribution in [3.63, 3.8) is 0 Å². The lowest BCUT2D eigenvalue weighted by atomic mass is 10.1. The number of aromatic hydroxyl groups is 1. The molecule has 0 fully saturated rings. The van der Waals surface area contributed by atoms with Crippen molar-refractivity contribution in [1.82, 2.24) is 5.43 Å². The molecule has 3 aromatic rings. The van der Waals surface area contributed by atoms with Crippen LogP contribution >= 0.6 is 0 Å². The molecule has 0 saturated carbocycles. The molecule has 28 heavy (non-hydrogen) atoms. The maximum absolute atomic E-state index is 12.5. The van der Waals surface area contributed by atoms with E-state index in [1.165, 1.54) is 12.3 Å². The van der Waals surface area contributed by atoms with Gasteiger partial charge in [0.1, 0.15) is 17.5 Å². The van der Waals surface area contributed by atoms with Gasteiger partial charge in [0, 0.05) is 16.6 Å². The molecule has 0 saturated heterocycles. The zero-order valence-corrected chi connectivity index (χ0v) is 15.8. The van der Waals surface area contributed by atoms with Crippen LogP contribution in [0.3, 0.4) is 0 Å². The number of ether oxygens (including phenoxy) is 1. The molecular weight excluding hydrogens is 354 g/mol. The number of phenolic OH excluding ortho intramolecular Hbond substituents is 1. The zero-order valence-electron chi connectivity index (χ0n) is 15.8. The normalized spacial score (nSPS) is 12.1. The Hall–Kier alpha value is -3.54. The predicted molar refractivity (Wildman–Crippen MR) is 112 cm³/mol. The number of hydrogen-bond acceptors (Lipinski definition) is 5. The molecule has 1 amide bonds. The summed E-state index contributed by atoms with van der Waals surface area (Å²) < 4.78 is 5.12. The van der Waals surface area contributed by atoms with Crippen molar-refractivity contribution in [3.8, 4) is 11.5 Å². The molecule has 6 heteroatoms. The van der Waals surface area contributed by atoms with Crippen molar-refractivity contribution in [3.05, 3.63) is 66.2 Å². The van der Waals surface area contributed by atoms with E-state index in [0.717, 1.165) is 16.5 Å². The molecule has 0 heterocycles. The number of hydrogen-bond donors (Lipinski definition) is 3. The summed E-state index contributed by atoms with van der Waals surface area (Å²) in [5.41, 5.74) is 3.88. The number of methoxy groups -OCH3 is 1. The van der Waals surface area contributed by atoms with Crippen LogP contribution in [0.2, 0.25) is 0 Å². The van der Waals surface area contributed by atoms with Gasteiger partial charge >= 0.3 is 0 Å². The van der Waals surface area contributed by atoms with Gasteiger partial charge in [-0.3, -0.25) is 4.79 Å². The SMILES string of the molecule is CCC(Nc1cccc2ccccc12)C(=O)N/N=C\c1cc(OC)ccc1O. The van der Waals surface area contributed by atoms with Crippen LogP contribution in [0.4, 0.5) is 5.69 Å². The largest absolute Gasteiger partial charge is 0.507 e. The number of rotatable bonds is 7.